The van der Waals surface area contributed by atoms with E-state index in [1.165, 1.54) is 0 Å². The van der Waals surface area contributed by atoms with Gasteiger partial charge in [0.05, 0.1) is 16.6 Å². The van der Waals surface area contributed by atoms with Crippen LogP contribution in [0, 0.1) is 12.8 Å². The summed E-state index contributed by atoms with van der Waals surface area (Å²) in [5, 5.41) is 3.98. The lowest BCUT2D eigenvalue weighted by atomic mass is 9.80. The molecule has 2 aliphatic carbocycles. The molecule has 1 aromatic heterocycles. The molecule has 1 N–H and O–H groups in total. The van der Waals surface area contributed by atoms with E-state index in [1.807, 2.05) is 35.2 Å². The lowest BCUT2D eigenvalue weighted by Crippen LogP contribution is -2.42. The van der Waals surface area contributed by atoms with E-state index < -0.39 is 20.9 Å². The van der Waals surface area contributed by atoms with Crippen molar-refractivity contribution in [3.05, 3.63) is 47.6 Å². The predicted molar refractivity (Wildman–Crippen MR) is 114 cm³/mol. The summed E-state index contributed by atoms with van der Waals surface area (Å²) in [6.45, 7) is 4.47. The number of carbonyl (C=O) groups is 1. The fourth-order valence-corrected chi connectivity index (χ4v) is 6.45. The van der Waals surface area contributed by atoms with Gasteiger partial charge in [-0.1, -0.05) is 35.5 Å². The number of fused-ring (bicyclic) bond motifs is 1. The number of likely N-dealkylation sites (tertiary alicyclic amines) is 1. The highest BCUT2D eigenvalue weighted by Crippen LogP contribution is 2.54. The van der Waals surface area contributed by atoms with Crippen LogP contribution in [0.25, 0.3) is 0 Å². The molecule has 1 aromatic carbocycles. The largest absolute Gasteiger partial charge is 0.341 e. The average Bonchev–Trinajstić information content (AvgIpc) is 3.15. The van der Waals surface area contributed by atoms with E-state index in [0.29, 0.717) is 37.6 Å². The van der Waals surface area contributed by atoms with Crippen molar-refractivity contribution in [3.8, 4) is 0 Å². The Hall–Kier alpha value is -2.26. The molecule has 1 aliphatic heterocycles. The molecule has 3 atom stereocenters. The lowest BCUT2D eigenvalue weighted by molar-refractivity contribution is -0.133. The Morgan fingerprint density at radius 2 is 2.03 bits per heavy atom. The summed E-state index contributed by atoms with van der Waals surface area (Å²) < 4.78 is 32.7. The van der Waals surface area contributed by atoms with Gasteiger partial charge in [0.15, 0.2) is 5.82 Å². The van der Waals surface area contributed by atoms with Crippen molar-refractivity contribution in [2.45, 2.75) is 56.4 Å². The molecule has 1 unspecified atom stereocenters. The molecule has 1 saturated heterocycles. The molecule has 31 heavy (non-hydrogen) atoms. The number of nitrogens with one attached hydrogen (secondary N) is 1. The molecule has 2 heterocycles. The number of hydrogen-bond donors (Lipinski definition) is 1. The van der Waals surface area contributed by atoms with E-state index in [1.54, 1.807) is 13.8 Å². The van der Waals surface area contributed by atoms with Crippen LogP contribution < -0.4 is 4.72 Å². The van der Waals surface area contributed by atoms with Gasteiger partial charge < -0.3 is 9.42 Å². The molecular formula is C22H28N4O4S. The molecule has 8 nitrogen and oxygen atoms in total. The van der Waals surface area contributed by atoms with Crippen LogP contribution in [0.5, 0.6) is 0 Å². The first kappa shape index (κ1) is 20.6. The molecular weight excluding hydrogens is 416 g/mol. The minimum absolute atomic E-state index is 0.0467. The highest BCUT2D eigenvalue weighted by molar-refractivity contribution is 7.89. The van der Waals surface area contributed by atoms with Crippen LogP contribution in [0.3, 0.4) is 0 Å². The number of aryl methyl sites for hydroxylation is 1. The molecule has 5 rings (SSSR count). The van der Waals surface area contributed by atoms with Crippen molar-refractivity contribution in [3.63, 3.8) is 0 Å². The quantitative estimate of drug-likeness (QED) is 0.730. The summed E-state index contributed by atoms with van der Waals surface area (Å²) in [4.78, 5) is 20.1. The van der Waals surface area contributed by atoms with Crippen molar-refractivity contribution in [2.24, 2.45) is 5.92 Å². The third kappa shape index (κ3) is 3.38. The van der Waals surface area contributed by atoms with Crippen molar-refractivity contribution in [1.82, 2.24) is 19.8 Å². The molecule has 1 amide bonds. The molecule has 166 valence electrons. The van der Waals surface area contributed by atoms with Gasteiger partial charge in [-0.15, -0.1) is 0 Å². The Labute approximate surface area is 182 Å². The first-order valence-electron chi connectivity index (χ1n) is 10.9. The zero-order chi connectivity index (χ0) is 21.9. The second-order valence-electron chi connectivity index (χ2n) is 9.29. The van der Waals surface area contributed by atoms with E-state index in [2.05, 4.69) is 14.9 Å². The van der Waals surface area contributed by atoms with Gasteiger partial charge >= 0.3 is 0 Å². The number of aromatic nitrogens is 2. The number of hydrogen-bond acceptors (Lipinski definition) is 6. The molecule has 3 fully saturated rings. The molecule has 2 aromatic rings. The topological polar surface area (TPSA) is 105 Å². The number of carbonyl (C=O) groups excluding carboxylic acids is 1. The van der Waals surface area contributed by atoms with E-state index >= 15 is 0 Å². The first-order valence-corrected chi connectivity index (χ1v) is 12.6. The third-order valence-electron chi connectivity index (χ3n) is 7.33. The van der Waals surface area contributed by atoms with Crippen molar-refractivity contribution >= 4 is 15.9 Å². The van der Waals surface area contributed by atoms with Crippen LogP contribution in [0.2, 0.25) is 0 Å². The summed E-state index contributed by atoms with van der Waals surface area (Å²) in [5.41, 5.74) is 0.146. The number of rotatable bonds is 6. The Balaban J connectivity index is 1.43. The summed E-state index contributed by atoms with van der Waals surface area (Å²) in [5.74, 6) is 1.36. The van der Waals surface area contributed by atoms with Crippen molar-refractivity contribution in [2.75, 3.05) is 18.8 Å². The number of sulfonamides is 1. The van der Waals surface area contributed by atoms with E-state index in [-0.39, 0.29) is 23.6 Å². The smallest absolute Gasteiger partial charge is 0.235 e. The Kier molecular flexibility index (Phi) is 4.75. The summed E-state index contributed by atoms with van der Waals surface area (Å²) in [7, 11) is -3.31. The fourth-order valence-electron chi connectivity index (χ4n) is 5.59. The minimum atomic E-state index is -3.31. The van der Waals surface area contributed by atoms with Crippen LogP contribution in [-0.2, 0) is 25.6 Å². The van der Waals surface area contributed by atoms with Gasteiger partial charge in [-0.2, -0.15) is 4.98 Å². The minimum Gasteiger partial charge on any atom is -0.341 e. The number of amides is 1. The van der Waals surface area contributed by atoms with Gasteiger partial charge in [-0.05, 0) is 51.0 Å². The Morgan fingerprint density at radius 3 is 2.65 bits per heavy atom. The summed E-state index contributed by atoms with van der Waals surface area (Å²) in [6, 6.07) is 9.81. The zero-order valence-corrected chi connectivity index (χ0v) is 18.7. The highest BCUT2D eigenvalue weighted by Gasteiger charge is 2.62. The van der Waals surface area contributed by atoms with Crippen LogP contribution in [0.4, 0.5) is 0 Å². The van der Waals surface area contributed by atoms with E-state index in [9.17, 15) is 13.2 Å². The van der Waals surface area contributed by atoms with Crippen molar-refractivity contribution < 1.29 is 17.7 Å². The van der Waals surface area contributed by atoms with Gasteiger partial charge in [-0.3, -0.25) is 4.79 Å². The molecule has 3 aliphatic rings. The molecule has 0 spiro atoms. The van der Waals surface area contributed by atoms with Gasteiger partial charge in [-0.25, -0.2) is 13.1 Å². The highest BCUT2D eigenvalue weighted by atomic mass is 32.2. The van der Waals surface area contributed by atoms with Gasteiger partial charge in [0.2, 0.25) is 21.8 Å². The first-order chi connectivity index (χ1) is 14.8. The van der Waals surface area contributed by atoms with Crippen LogP contribution in [0.1, 0.15) is 49.9 Å². The molecule has 2 saturated carbocycles. The maximum atomic E-state index is 13.6. The van der Waals surface area contributed by atoms with Gasteiger partial charge in [0.25, 0.3) is 0 Å². The van der Waals surface area contributed by atoms with E-state index in [0.717, 1.165) is 18.4 Å². The fraction of sp³-hybridized carbons (Fsp3) is 0.591. The molecule has 0 radical (unpaired) electrons. The standard InChI is InChI=1S/C22H28N4O4S/c1-3-31(28,29)25-18-11-17-13-26(14-22(17,12-18)19-23-15(2)24-30-19)20(27)21(9-10-21)16-7-5-4-6-8-16/h4-8,17-18,25H,3,9-14H2,1-2H3/t17?,18-,22+/m1/s1. The summed E-state index contributed by atoms with van der Waals surface area (Å²) in [6.07, 6.45) is 2.94. The van der Waals surface area contributed by atoms with Crippen LogP contribution in [0.15, 0.2) is 34.9 Å². The average molecular weight is 445 g/mol. The summed E-state index contributed by atoms with van der Waals surface area (Å²) >= 11 is 0. The lowest BCUT2D eigenvalue weighted by Gasteiger charge is -2.28. The number of nitrogens with zero attached hydrogens (tertiary/aromatic N) is 3. The van der Waals surface area contributed by atoms with Crippen LogP contribution in [-0.4, -0.2) is 54.2 Å². The maximum Gasteiger partial charge on any atom is 0.235 e. The predicted octanol–water partition coefficient (Wildman–Crippen LogP) is 1.91. The monoisotopic (exact) mass is 444 g/mol. The van der Waals surface area contributed by atoms with Gasteiger partial charge in [0.1, 0.15) is 0 Å². The second-order valence-corrected chi connectivity index (χ2v) is 11.3. The normalized spacial score (nSPS) is 29.2. The zero-order valence-electron chi connectivity index (χ0n) is 17.9. The van der Waals surface area contributed by atoms with Crippen molar-refractivity contribution in [1.29, 1.82) is 0 Å². The maximum absolute atomic E-state index is 13.6. The second kappa shape index (κ2) is 7.13. The third-order valence-corrected chi connectivity index (χ3v) is 8.78. The van der Waals surface area contributed by atoms with E-state index in [4.69, 9.17) is 4.52 Å². The Bertz CT molecular complexity index is 1100. The van der Waals surface area contributed by atoms with Crippen LogP contribution >= 0.6 is 0 Å². The molecule has 0 bridgehead atoms. The molecule has 9 heteroatoms. The number of benzene rings is 1. The SMILES string of the molecule is CCS(=O)(=O)N[C@@H]1CC2CN(C(=O)C3(c4ccccc4)CC3)C[C@@]2(c2nc(C)no2)C1. The Morgan fingerprint density at radius 1 is 1.29 bits per heavy atom. The van der Waals surface area contributed by atoms with Gasteiger partial charge in [0, 0.05) is 19.1 Å².